The molecule has 2 aromatic rings. The molecule has 21 heavy (non-hydrogen) atoms. The standard InChI is InChI=1S/C15H17FN4O/c16-12-3-1-11(2-4-12)9-20-8-6-18-14(15(20)21)19-7-5-13(17)10-19/h1-4,6,8,13H,5,7,9-10,17H2. The first-order valence-corrected chi connectivity index (χ1v) is 6.94. The van der Waals surface area contributed by atoms with E-state index in [1.54, 1.807) is 29.1 Å². The summed E-state index contributed by atoms with van der Waals surface area (Å²) in [6.07, 6.45) is 4.13. The first kappa shape index (κ1) is 13.8. The molecule has 2 N–H and O–H groups in total. The summed E-state index contributed by atoms with van der Waals surface area (Å²) in [5.74, 6) is 0.153. The monoisotopic (exact) mass is 288 g/mol. The third-order valence-corrected chi connectivity index (χ3v) is 3.69. The number of hydrogen-bond acceptors (Lipinski definition) is 4. The molecule has 0 aliphatic carbocycles. The van der Waals surface area contributed by atoms with E-state index in [4.69, 9.17) is 5.73 Å². The van der Waals surface area contributed by atoms with Crippen LogP contribution in [0.2, 0.25) is 0 Å². The lowest BCUT2D eigenvalue weighted by atomic mass is 10.2. The van der Waals surface area contributed by atoms with Crippen LogP contribution in [0.15, 0.2) is 41.5 Å². The van der Waals surface area contributed by atoms with E-state index in [0.717, 1.165) is 18.5 Å². The molecule has 0 amide bonds. The topological polar surface area (TPSA) is 64.2 Å². The normalized spacial score (nSPS) is 18.2. The van der Waals surface area contributed by atoms with Gasteiger partial charge in [-0.25, -0.2) is 9.37 Å². The summed E-state index contributed by atoms with van der Waals surface area (Å²) in [5, 5.41) is 0. The summed E-state index contributed by atoms with van der Waals surface area (Å²) < 4.78 is 14.5. The highest BCUT2D eigenvalue weighted by molar-refractivity contribution is 5.37. The molecular weight excluding hydrogens is 271 g/mol. The van der Waals surface area contributed by atoms with Crippen LogP contribution >= 0.6 is 0 Å². The number of hydrogen-bond donors (Lipinski definition) is 1. The third-order valence-electron chi connectivity index (χ3n) is 3.69. The molecule has 3 rings (SSSR count). The maximum Gasteiger partial charge on any atom is 0.293 e. The van der Waals surface area contributed by atoms with Crippen LogP contribution in [0.1, 0.15) is 12.0 Å². The fraction of sp³-hybridized carbons (Fsp3) is 0.333. The minimum atomic E-state index is -0.285. The van der Waals surface area contributed by atoms with Crippen LogP contribution in [0.4, 0.5) is 10.2 Å². The zero-order valence-electron chi connectivity index (χ0n) is 11.6. The number of aromatic nitrogens is 2. The van der Waals surface area contributed by atoms with Gasteiger partial charge in [0.1, 0.15) is 5.82 Å². The first-order valence-electron chi connectivity index (χ1n) is 6.94. The Morgan fingerprint density at radius 1 is 1.33 bits per heavy atom. The summed E-state index contributed by atoms with van der Waals surface area (Å²) >= 11 is 0. The van der Waals surface area contributed by atoms with Gasteiger partial charge in [-0.1, -0.05) is 12.1 Å². The highest BCUT2D eigenvalue weighted by atomic mass is 19.1. The van der Waals surface area contributed by atoms with Gasteiger partial charge in [0.2, 0.25) is 0 Å². The molecule has 1 aliphatic rings. The second-order valence-corrected chi connectivity index (χ2v) is 5.31. The van der Waals surface area contributed by atoms with E-state index in [9.17, 15) is 9.18 Å². The van der Waals surface area contributed by atoms with Crippen molar-refractivity contribution in [3.63, 3.8) is 0 Å². The molecule has 5 nitrogen and oxygen atoms in total. The van der Waals surface area contributed by atoms with Crippen LogP contribution in [0, 0.1) is 5.82 Å². The number of nitrogens with two attached hydrogens (primary N) is 1. The molecule has 110 valence electrons. The molecule has 1 aromatic carbocycles. The van der Waals surface area contributed by atoms with Crippen LogP contribution in [-0.2, 0) is 6.54 Å². The molecule has 0 saturated carbocycles. The lowest BCUT2D eigenvalue weighted by Gasteiger charge is -2.17. The molecule has 2 heterocycles. The molecule has 1 fully saturated rings. The molecule has 1 aromatic heterocycles. The second kappa shape index (κ2) is 5.65. The van der Waals surface area contributed by atoms with Crippen molar-refractivity contribution >= 4 is 5.82 Å². The van der Waals surface area contributed by atoms with E-state index in [0.29, 0.717) is 18.9 Å². The summed E-state index contributed by atoms with van der Waals surface area (Å²) in [6, 6.07) is 6.22. The smallest absolute Gasteiger partial charge is 0.293 e. The summed E-state index contributed by atoms with van der Waals surface area (Å²) in [5.41, 5.74) is 6.60. The van der Waals surface area contributed by atoms with Crippen molar-refractivity contribution < 1.29 is 4.39 Å². The van der Waals surface area contributed by atoms with Crippen molar-refractivity contribution in [3.8, 4) is 0 Å². The van der Waals surface area contributed by atoms with Gasteiger partial charge in [0, 0.05) is 31.5 Å². The van der Waals surface area contributed by atoms with Gasteiger partial charge < -0.3 is 15.2 Å². The Hall–Kier alpha value is -2.21. The molecule has 1 aliphatic heterocycles. The largest absolute Gasteiger partial charge is 0.350 e. The maximum absolute atomic E-state index is 12.9. The molecule has 1 saturated heterocycles. The summed E-state index contributed by atoms with van der Waals surface area (Å²) in [4.78, 5) is 18.6. The van der Waals surface area contributed by atoms with Crippen LogP contribution < -0.4 is 16.2 Å². The highest BCUT2D eigenvalue weighted by Gasteiger charge is 2.22. The van der Waals surface area contributed by atoms with E-state index in [1.807, 2.05) is 4.90 Å². The predicted molar refractivity (Wildman–Crippen MR) is 78.8 cm³/mol. The maximum atomic E-state index is 12.9. The average Bonchev–Trinajstić information content (AvgIpc) is 2.90. The second-order valence-electron chi connectivity index (χ2n) is 5.31. The molecule has 6 heteroatoms. The fourth-order valence-electron chi connectivity index (χ4n) is 2.54. The SMILES string of the molecule is NC1CCN(c2nccn(Cc3ccc(F)cc3)c2=O)C1. The zero-order chi connectivity index (χ0) is 14.8. The minimum absolute atomic E-state index is 0.0944. The fourth-order valence-corrected chi connectivity index (χ4v) is 2.54. The number of halogens is 1. The molecule has 1 atom stereocenters. The Bertz CT molecular complexity index is 683. The van der Waals surface area contributed by atoms with Crippen LogP contribution in [-0.4, -0.2) is 28.7 Å². The Morgan fingerprint density at radius 2 is 2.10 bits per heavy atom. The van der Waals surface area contributed by atoms with Crippen molar-refractivity contribution in [1.82, 2.24) is 9.55 Å². The molecule has 0 spiro atoms. The third kappa shape index (κ3) is 2.95. The highest BCUT2D eigenvalue weighted by Crippen LogP contribution is 2.13. The van der Waals surface area contributed by atoms with Crippen LogP contribution in [0.5, 0.6) is 0 Å². The molecule has 1 unspecified atom stereocenters. The van der Waals surface area contributed by atoms with Crippen molar-refractivity contribution in [3.05, 3.63) is 58.4 Å². The van der Waals surface area contributed by atoms with Gasteiger partial charge in [-0.15, -0.1) is 0 Å². The first-order chi connectivity index (χ1) is 10.1. The van der Waals surface area contributed by atoms with E-state index in [2.05, 4.69) is 4.98 Å². The minimum Gasteiger partial charge on any atom is -0.350 e. The molecular formula is C15H17FN4O. The van der Waals surface area contributed by atoms with Gasteiger partial charge >= 0.3 is 0 Å². The Morgan fingerprint density at radius 3 is 2.76 bits per heavy atom. The van der Waals surface area contributed by atoms with Crippen molar-refractivity contribution in [1.29, 1.82) is 0 Å². The van der Waals surface area contributed by atoms with E-state index >= 15 is 0 Å². The Kier molecular flexibility index (Phi) is 3.70. The van der Waals surface area contributed by atoms with Gasteiger partial charge in [-0.2, -0.15) is 0 Å². The predicted octanol–water partition coefficient (Wildman–Crippen LogP) is 0.968. The van der Waals surface area contributed by atoms with Crippen molar-refractivity contribution in [2.75, 3.05) is 18.0 Å². The quantitative estimate of drug-likeness (QED) is 0.914. The van der Waals surface area contributed by atoms with Gasteiger partial charge in [-0.3, -0.25) is 4.79 Å². The summed E-state index contributed by atoms with van der Waals surface area (Å²) in [7, 11) is 0. The van der Waals surface area contributed by atoms with Gasteiger partial charge in [0.25, 0.3) is 5.56 Å². The lowest BCUT2D eigenvalue weighted by Crippen LogP contribution is -2.33. The van der Waals surface area contributed by atoms with E-state index in [-0.39, 0.29) is 17.4 Å². The number of nitrogens with zero attached hydrogens (tertiary/aromatic N) is 3. The van der Waals surface area contributed by atoms with Crippen molar-refractivity contribution in [2.45, 2.75) is 19.0 Å². The van der Waals surface area contributed by atoms with Gasteiger partial charge in [0.15, 0.2) is 5.82 Å². The van der Waals surface area contributed by atoms with E-state index in [1.165, 1.54) is 12.1 Å². The van der Waals surface area contributed by atoms with Crippen molar-refractivity contribution in [2.24, 2.45) is 5.73 Å². The van der Waals surface area contributed by atoms with Gasteiger partial charge in [-0.05, 0) is 24.1 Å². The number of anilines is 1. The zero-order valence-corrected chi connectivity index (χ0v) is 11.6. The average molecular weight is 288 g/mol. The molecule has 0 bridgehead atoms. The van der Waals surface area contributed by atoms with Crippen LogP contribution in [0.3, 0.4) is 0 Å². The van der Waals surface area contributed by atoms with E-state index < -0.39 is 0 Å². The summed E-state index contributed by atoms with van der Waals surface area (Å²) in [6.45, 7) is 1.81. The lowest BCUT2D eigenvalue weighted by molar-refractivity contribution is 0.626. The Balaban J connectivity index is 1.86. The number of benzene rings is 1. The van der Waals surface area contributed by atoms with Crippen LogP contribution in [0.25, 0.3) is 0 Å². The Labute approximate surface area is 121 Å². The number of rotatable bonds is 3. The molecule has 0 radical (unpaired) electrons. The van der Waals surface area contributed by atoms with Gasteiger partial charge in [0.05, 0.1) is 6.54 Å².